The topological polar surface area (TPSA) is 35.6 Å². The van der Waals surface area contributed by atoms with Crippen LogP contribution in [0, 0.1) is 11.8 Å². The standard InChI is InChI=1S/C14H27N3O/c1-10-5-13(7-15-6-10)14(18)17-8-11(2)16(4)12(3)9-17/h10-13,15H,5-9H2,1-4H3. The number of nitrogens with zero attached hydrogens (tertiary/aromatic N) is 2. The molecule has 2 aliphatic rings. The Balaban J connectivity index is 1.96. The molecule has 4 nitrogen and oxygen atoms in total. The Morgan fingerprint density at radius 2 is 1.72 bits per heavy atom. The molecule has 1 N–H and O–H groups in total. The number of carbonyl (C=O) groups is 1. The summed E-state index contributed by atoms with van der Waals surface area (Å²) in [7, 11) is 2.15. The van der Waals surface area contributed by atoms with E-state index in [0.29, 0.717) is 23.9 Å². The van der Waals surface area contributed by atoms with Crippen molar-refractivity contribution in [3.8, 4) is 0 Å². The van der Waals surface area contributed by atoms with Gasteiger partial charge < -0.3 is 10.2 Å². The molecule has 2 rings (SSSR count). The molecule has 0 bridgehead atoms. The van der Waals surface area contributed by atoms with E-state index in [-0.39, 0.29) is 5.92 Å². The molecule has 4 unspecified atom stereocenters. The van der Waals surface area contributed by atoms with Crippen LogP contribution in [0.2, 0.25) is 0 Å². The Kier molecular flexibility index (Phi) is 4.28. The van der Waals surface area contributed by atoms with Crippen molar-refractivity contribution >= 4 is 5.91 Å². The Labute approximate surface area is 111 Å². The fourth-order valence-corrected chi connectivity index (χ4v) is 3.19. The quantitative estimate of drug-likeness (QED) is 0.750. The molecule has 0 saturated carbocycles. The maximum atomic E-state index is 12.6. The van der Waals surface area contributed by atoms with E-state index in [1.54, 1.807) is 0 Å². The fraction of sp³-hybridized carbons (Fsp3) is 0.929. The van der Waals surface area contributed by atoms with Crippen LogP contribution in [0.15, 0.2) is 0 Å². The van der Waals surface area contributed by atoms with E-state index in [0.717, 1.165) is 32.6 Å². The average molecular weight is 253 g/mol. The van der Waals surface area contributed by atoms with Crippen molar-refractivity contribution in [2.24, 2.45) is 11.8 Å². The van der Waals surface area contributed by atoms with Crippen molar-refractivity contribution < 1.29 is 4.79 Å². The lowest BCUT2D eigenvalue weighted by atomic mass is 9.90. The van der Waals surface area contributed by atoms with Gasteiger partial charge in [-0.1, -0.05) is 6.92 Å². The van der Waals surface area contributed by atoms with Crippen LogP contribution >= 0.6 is 0 Å². The van der Waals surface area contributed by atoms with Gasteiger partial charge in [-0.25, -0.2) is 0 Å². The van der Waals surface area contributed by atoms with E-state index in [2.05, 4.69) is 42.9 Å². The van der Waals surface area contributed by atoms with Crippen LogP contribution < -0.4 is 5.32 Å². The van der Waals surface area contributed by atoms with Crippen LogP contribution in [-0.2, 0) is 4.79 Å². The van der Waals surface area contributed by atoms with Crippen LogP contribution in [0.1, 0.15) is 27.2 Å². The number of rotatable bonds is 1. The first-order valence-electron chi connectivity index (χ1n) is 7.20. The molecule has 2 heterocycles. The summed E-state index contributed by atoms with van der Waals surface area (Å²) >= 11 is 0. The Morgan fingerprint density at radius 3 is 2.28 bits per heavy atom. The molecule has 0 aliphatic carbocycles. The van der Waals surface area contributed by atoms with Crippen molar-refractivity contribution in [2.45, 2.75) is 39.3 Å². The lowest BCUT2D eigenvalue weighted by Crippen LogP contribution is -2.58. The summed E-state index contributed by atoms with van der Waals surface area (Å²) in [6.07, 6.45) is 1.04. The lowest BCUT2D eigenvalue weighted by Gasteiger charge is -2.44. The number of likely N-dealkylation sites (N-methyl/N-ethyl adjacent to an activating group) is 1. The zero-order valence-electron chi connectivity index (χ0n) is 12.1. The van der Waals surface area contributed by atoms with Crippen LogP contribution in [0.5, 0.6) is 0 Å². The monoisotopic (exact) mass is 253 g/mol. The second-order valence-electron chi connectivity index (χ2n) is 6.30. The Morgan fingerprint density at radius 1 is 1.11 bits per heavy atom. The van der Waals surface area contributed by atoms with Gasteiger partial charge in [0, 0.05) is 31.7 Å². The molecule has 2 aliphatic heterocycles. The van der Waals surface area contributed by atoms with Gasteiger partial charge in [0.15, 0.2) is 0 Å². The highest BCUT2D eigenvalue weighted by atomic mass is 16.2. The highest BCUT2D eigenvalue weighted by molar-refractivity contribution is 5.79. The Bertz CT molecular complexity index is 295. The van der Waals surface area contributed by atoms with Crippen LogP contribution in [-0.4, -0.2) is 61.0 Å². The normalized spacial score (nSPS) is 38.8. The van der Waals surface area contributed by atoms with E-state index in [1.807, 2.05) is 0 Å². The van der Waals surface area contributed by atoms with Gasteiger partial charge in [0.05, 0.1) is 5.92 Å². The zero-order valence-corrected chi connectivity index (χ0v) is 12.1. The summed E-state index contributed by atoms with van der Waals surface area (Å²) < 4.78 is 0. The smallest absolute Gasteiger partial charge is 0.227 e. The van der Waals surface area contributed by atoms with Gasteiger partial charge in [0.25, 0.3) is 0 Å². The molecule has 4 atom stereocenters. The van der Waals surface area contributed by atoms with E-state index >= 15 is 0 Å². The number of piperidine rings is 1. The van der Waals surface area contributed by atoms with E-state index in [1.165, 1.54) is 0 Å². The van der Waals surface area contributed by atoms with Gasteiger partial charge in [-0.2, -0.15) is 0 Å². The molecule has 18 heavy (non-hydrogen) atoms. The summed E-state index contributed by atoms with van der Waals surface area (Å²) in [5.41, 5.74) is 0. The minimum atomic E-state index is 0.191. The first-order chi connectivity index (χ1) is 8.49. The highest BCUT2D eigenvalue weighted by Gasteiger charge is 2.34. The molecule has 0 spiro atoms. The summed E-state index contributed by atoms with van der Waals surface area (Å²) in [6, 6.07) is 0.929. The maximum Gasteiger partial charge on any atom is 0.227 e. The molecule has 0 radical (unpaired) electrons. The van der Waals surface area contributed by atoms with E-state index in [4.69, 9.17) is 0 Å². The van der Waals surface area contributed by atoms with Crippen LogP contribution in [0.3, 0.4) is 0 Å². The van der Waals surface area contributed by atoms with Crippen molar-refractivity contribution in [1.82, 2.24) is 15.1 Å². The summed E-state index contributed by atoms with van der Waals surface area (Å²) in [4.78, 5) is 17.0. The third-order valence-electron chi connectivity index (χ3n) is 4.59. The molecule has 1 amide bonds. The van der Waals surface area contributed by atoms with Gasteiger partial charge in [-0.15, -0.1) is 0 Å². The molecule has 0 aromatic carbocycles. The third-order valence-corrected chi connectivity index (χ3v) is 4.59. The van der Waals surface area contributed by atoms with Gasteiger partial charge in [-0.3, -0.25) is 9.69 Å². The van der Waals surface area contributed by atoms with Crippen molar-refractivity contribution in [2.75, 3.05) is 33.2 Å². The second kappa shape index (κ2) is 5.57. The van der Waals surface area contributed by atoms with Gasteiger partial charge >= 0.3 is 0 Å². The Hall–Kier alpha value is -0.610. The molecule has 104 valence electrons. The maximum absolute atomic E-state index is 12.6. The minimum absolute atomic E-state index is 0.191. The van der Waals surface area contributed by atoms with E-state index in [9.17, 15) is 4.79 Å². The molecular formula is C14H27N3O. The third kappa shape index (κ3) is 2.86. The minimum Gasteiger partial charge on any atom is -0.339 e. The summed E-state index contributed by atoms with van der Waals surface area (Å²) in [6.45, 7) is 10.3. The predicted octanol–water partition coefficient (Wildman–Crippen LogP) is 0.783. The molecule has 2 saturated heterocycles. The molecule has 2 fully saturated rings. The highest BCUT2D eigenvalue weighted by Crippen LogP contribution is 2.21. The van der Waals surface area contributed by atoms with Crippen molar-refractivity contribution in [1.29, 1.82) is 0 Å². The molecule has 0 aromatic rings. The van der Waals surface area contributed by atoms with Crippen LogP contribution in [0.4, 0.5) is 0 Å². The first kappa shape index (κ1) is 13.8. The largest absolute Gasteiger partial charge is 0.339 e. The van der Waals surface area contributed by atoms with Gasteiger partial charge in [0.1, 0.15) is 0 Å². The van der Waals surface area contributed by atoms with Crippen molar-refractivity contribution in [3.05, 3.63) is 0 Å². The molecule has 0 aromatic heterocycles. The van der Waals surface area contributed by atoms with E-state index < -0.39 is 0 Å². The number of amides is 1. The number of hydrogen-bond donors (Lipinski definition) is 1. The van der Waals surface area contributed by atoms with Crippen LogP contribution in [0.25, 0.3) is 0 Å². The zero-order chi connectivity index (χ0) is 13.3. The molecule has 4 heteroatoms. The SMILES string of the molecule is CC1CNCC(C(=O)N2CC(C)N(C)C(C)C2)C1. The van der Waals surface area contributed by atoms with Gasteiger partial charge in [0.2, 0.25) is 5.91 Å². The number of hydrogen-bond acceptors (Lipinski definition) is 3. The summed E-state index contributed by atoms with van der Waals surface area (Å²) in [5.74, 6) is 1.17. The fourth-order valence-electron chi connectivity index (χ4n) is 3.19. The summed E-state index contributed by atoms with van der Waals surface area (Å²) in [5, 5.41) is 3.38. The number of carbonyl (C=O) groups excluding carboxylic acids is 1. The predicted molar refractivity (Wildman–Crippen MR) is 73.4 cm³/mol. The average Bonchev–Trinajstić information content (AvgIpc) is 2.34. The van der Waals surface area contributed by atoms with Gasteiger partial charge in [-0.05, 0) is 39.8 Å². The second-order valence-corrected chi connectivity index (χ2v) is 6.30. The number of piperazine rings is 1. The van der Waals surface area contributed by atoms with Crippen molar-refractivity contribution in [3.63, 3.8) is 0 Å². The molecular weight excluding hydrogens is 226 g/mol. The first-order valence-corrected chi connectivity index (χ1v) is 7.20. The lowest BCUT2D eigenvalue weighted by molar-refractivity contribution is -0.140. The number of nitrogens with one attached hydrogen (secondary N) is 1.